The summed E-state index contributed by atoms with van der Waals surface area (Å²) < 4.78 is 7.08. The van der Waals surface area contributed by atoms with E-state index in [0.717, 1.165) is 25.0 Å². The molecule has 0 radical (unpaired) electrons. The number of hydrogen-bond donors (Lipinski definition) is 1. The predicted molar refractivity (Wildman–Crippen MR) is 75.7 cm³/mol. The van der Waals surface area contributed by atoms with Crippen LogP contribution in [0.15, 0.2) is 16.8 Å². The van der Waals surface area contributed by atoms with Crippen molar-refractivity contribution in [3.05, 3.63) is 23.7 Å². The molecular formula is C13H17ClN4O2. The van der Waals surface area contributed by atoms with Crippen molar-refractivity contribution in [3.8, 4) is 11.6 Å². The van der Waals surface area contributed by atoms with E-state index in [1.165, 1.54) is 6.92 Å². The lowest BCUT2D eigenvalue weighted by atomic mass is 9.77. The van der Waals surface area contributed by atoms with Crippen LogP contribution in [0.5, 0.6) is 0 Å². The van der Waals surface area contributed by atoms with Gasteiger partial charge in [0.05, 0.1) is 5.54 Å². The molecule has 1 saturated carbocycles. The average Bonchev–Trinajstić information content (AvgIpc) is 2.92. The van der Waals surface area contributed by atoms with E-state index in [-0.39, 0.29) is 18.2 Å². The number of nitrogens with two attached hydrogens (primary N) is 1. The number of aryl methyl sites for hydroxylation is 1. The summed E-state index contributed by atoms with van der Waals surface area (Å²) in [5, 5.41) is 3.97. The quantitative estimate of drug-likeness (QED) is 0.876. The van der Waals surface area contributed by atoms with Crippen molar-refractivity contribution in [3.63, 3.8) is 0 Å². The summed E-state index contributed by atoms with van der Waals surface area (Å²) in [6, 6.07) is 1.75. The smallest absolute Gasteiger partial charge is 0.274 e. The molecular weight excluding hydrogens is 280 g/mol. The molecule has 0 spiro atoms. The van der Waals surface area contributed by atoms with Gasteiger partial charge in [-0.1, -0.05) is 5.16 Å². The van der Waals surface area contributed by atoms with Gasteiger partial charge in [0, 0.05) is 18.8 Å². The molecule has 1 aliphatic carbocycles. The molecule has 7 heteroatoms. The number of nitrogens with zero attached hydrogens (tertiary/aromatic N) is 3. The maximum atomic E-state index is 11.4. The summed E-state index contributed by atoms with van der Waals surface area (Å²) in [7, 11) is 1.84. The molecule has 108 valence electrons. The number of Topliss-reactive ketones (excluding diaryl/α,β-unsaturated/α-hetero) is 1. The van der Waals surface area contributed by atoms with Crippen LogP contribution in [0, 0.1) is 0 Å². The topological polar surface area (TPSA) is 86.9 Å². The summed E-state index contributed by atoms with van der Waals surface area (Å²) >= 11 is 0. The summed E-state index contributed by atoms with van der Waals surface area (Å²) in [6.45, 7) is 1.53. The van der Waals surface area contributed by atoms with Gasteiger partial charge in [-0.25, -0.2) is 0 Å². The van der Waals surface area contributed by atoms with Gasteiger partial charge in [0.25, 0.3) is 5.89 Å². The normalized spacial score (nSPS) is 16.4. The Morgan fingerprint density at radius 3 is 2.70 bits per heavy atom. The lowest BCUT2D eigenvalue weighted by molar-refractivity contribution is 0.101. The number of carbonyl (C=O) groups excluding carboxylic acids is 1. The van der Waals surface area contributed by atoms with Crippen molar-refractivity contribution in [2.45, 2.75) is 31.7 Å². The molecule has 2 N–H and O–H groups in total. The first-order valence-corrected chi connectivity index (χ1v) is 6.30. The Morgan fingerprint density at radius 2 is 2.20 bits per heavy atom. The number of aromatic nitrogens is 3. The number of halogens is 1. The number of hydrogen-bond acceptors (Lipinski definition) is 5. The molecule has 0 aromatic carbocycles. The zero-order valence-corrected chi connectivity index (χ0v) is 12.2. The molecule has 0 aliphatic heterocycles. The average molecular weight is 297 g/mol. The van der Waals surface area contributed by atoms with Gasteiger partial charge >= 0.3 is 0 Å². The Bertz CT molecular complexity index is 643. The minimum Gasteiger partial charge on any atom is -0.346 e. The van der Waals surface area contributed by atoms with E-state index >= 15 is 0 Å². The fraction of sp³-hybridized carbons (Fsp3) is 0.462. The third-order valence-electron chi connectivity index (χ3n) is 3.75. The molecule has 0 saturated heterocycles. The second-order valence-corrected chi connectivity index (χ2v) is 5.21. The molecule has 20 heavy (non-hydrogen) atoms. The lowest BCUT2D eigenvalue weighted by Crippen LogP contribution is -2.44. The van der Waals surface area contributed by atoms with Crippen LogP contribution in [-0.2, 0) is 12.6 Å². The Hall–Kier alpha value is -1.66. The van der Waals surface area contributed by atoms with E-state index in [2.05, 4.69) is 10.1 Å². The van der Waals surface area contributed by atoms with E-state index < -0.39 is 5.54 Å². The molecule has 2 aromatic rings. The summed E-state index contributed by atoms with van der Waals surface area (Å²) in [6.07, 6.45) is 4.62. The third kappa shape index (κ3) is 2.25. The zero-order valence-electron chi connectivity index (χ0n) is 11.4. The van der Waals surface area contributed by atoms with Gasteiger partial charge in [0.15, 0.2) is 11.6 Å². The SMILES string of the molecule is CC(=O)c1cc(-c2nc(C3(N)CCC3)no2)n(C)c1.Cl. The predicted octanol–water partition coefficient (Wildman–Crippen LogP) is 2.04. The van der Waals surface area contributed by atoms with Gasteiger partial charge in [0.1, 0.15) is 5.69 Å². The van der Waals surface area contributed by atoms with Gasteiger partial charge in [-0.3, -0.25) is 4.79 Å². The van der Waals surface area contributed by atoms with E-state index in [9.17, 15) is 4.79 Å². The maximum Gasteiger partial charge on any atom is 0.274 e. The summed E-state index contributed by atoms with van der Waals surface area (Å²) in [5.41, 5.74) is 7.08. The Kier molecular flexibility index (Phi) is 3.71. The molecule has 0 bridgehead atoms. The summed E-state index contributed by atoms with van der Waals surface area (Å²) in [4.78, 5) is 15.7. The number of ketones is 1. The van der Waals surface area contributed by atoms with Gasteiger partial charge in [0.2, 0.25) is 0 Å². The second-order valence-electron chi connectivity index (χ2n) is 5.21. The van der Waals surface area contributed by atoms with E-state index in [0.29, 0.717) is 17.3 Å². The van der Waals surface area contributed by atoms with Gasteiger partial charge in [-0.05, 0) is 32.3 Å². The lowest BCUT2D eigenvalue weighted by Gasteiger charge is -2.34. The van der Waals surface area contributed by atoms with Crippen LogP contribution in [0.1, 0.15) is 42.4 Å². The molecule has 1 aliphatic rings. The zero-order chi connectivity index (χ0) is 13.6. The minimum atomic E-state index is -0.434. The van der Waals surface area contributed by atoms with Crippen LogP contribution >= 0.6 is 12.4 Å². The van der Waals surface area contributed by atoms with Gasteiger partial charge in [-0.2, -0.15) is 4.98 Å². The Morgan fingerprint density at radius 1 is 1.50 bits per heavy atom. The molecule has 0 atom stereocenters. The van der Waals surface area contributed by atoms with Crippen molar-refractivity contribution in [2.75, 3.05) is 0 Å². The highest BCUT2D eigenvalue weighted by molar-refractivity contribution is 5.95. The van der Waals surface area contributed by atoms with Crippen LogP contribution in [0.4, 0.5) is 0 Å². The van der Waals surface area contributed by atoms with Crippen molar-refractivity contribution in [1.82, 2.24) is 14.7 Å². The second kappa shape index (κ2) is 5.03. The van der Waals surface area contributed by atoms with Crippen molar-refractivity contribution >= 4 is 18.2 Å². The van der Waals surface area contributed by atoms with Crippen molar-refractivity contribution in [2.24, 2.45) is 12.8 Å². The Labute approximate surface area is 122 Å². The van der Waals surface area contributed by atoms with Gasteiger partial charge < -0.3 is 14.8 Å². The number of carbonyl (C=O) groups is 1. The molecule has 2 aromatic heterocycles. The van der Waals surface area contributed by atoms with E-state index in [1.807, 2.05) is 7.05 Å². The molecule has 0 amide bonds. The fourth-order valence-electron chi connectivity index (χ4n) is 2.28. The maximum absolute atomic E-state index is 11.4. The first-order chi connectivity index (χ1) is 8.99. The van der Waals surface area contributed by atoms with E-state index in [1.54, 1.807) is 16.8 Å². The highest BCUT2D eigenvalue weighted by atomic mass is 35.5. The van der Waals surface area contributed by atoms with Crippen LogP contribution in [0.2, 0.25) is 0 Å². The van der Waals surface area contributed by atoms with Crippen LogP contribution in [-0.4, -0.2) is 20.5 Å². The van der Waals surface area contributed by atoms with Crippen LogP contribution in [0.3, 0.4) is 0 Å². The third-order valence-corrected chi connectivity index (χ3v) is 3.75. The fourth-order valence-corrected chi connectivity index (χ4v) is 2.28. The summed E-state index contributed by atoms with van der Waals surface area (Å²) in [5.74, 6) is 0.969. The first-order valence-electron chi connectivity index (χ1n) is 6.30. The van der Waals surface area contributed by atoms with Crippen molar-refractivity contribution < 1.29 is 9.32 Å². The standard InChI is InChI=1S/C13H16N4O2.ClH/c1-8(18)9-6-10(17(2)7-9)11-15-12(16-19-11)13(14)4-3-5-13;/h6-7H,3-5,14H2,1-2H3;1H. The largest absolute Gasteiger partial charge is 0.346 e. The molecule has 6 nitrogen and oxygen atoms in total. The van der Waals surface area contributed by atoms with Gasteiger partial charge in [-0.15, -0.1) is 12.4 Å². The molecule has 3 rings (SSSR count). The first kappa shape index (κ1) is 14.7. The molecule has 2 heterocycles. The minimum absolute atomic E-state index is 0. The highest BCUT2D eigenvalue weighted by Gasteiger charge is 2.39. The van der Waals surface area contributed by atoms with Crippen LogP contribution < -0.4 is 5.73 Å². The molecule has 1 fully saturated rings. The van der Waals surface area contributed by atoms with Crippen molar-refractivity contribution in [1.29, 1.82) is 0 Å². The monoisotopic (exact) mass is 296 g/mol. The Balaban J connectivity index is 0.00000147. The number of rotatable bonds is 3. The van der Waals surface area contributed by atoms with Crippen LogP contribution in [0.25, 0.3) is 11.6 Å². The molecule has 0 unspecified atom stereocenters. The van der Waals surface area contributed by atoms with E-state index in [4.69, 9.17) is 10.3 Å². The highest BCUT2D eigenvalue weighted by Crippen LogP contribution is 2.37.